The number of aromatic nitrogens is 1. The molecule has 0 saturated carbocycles. The summed E-state index contributed by atoms with van der Waals surface area (Å²) in [5.41, 5.74) is -0.173. The first-order valence-electron chi connectivity index (χ1n) is 7.03. The Morgan fingerprint density at radius 3 is 1.96 bits per heavy atom. The third kappa shape index (κ3) is 3.20. The maximum Gasteiger partial charge on any atom is 0.243 e. The number of hydrogen-bond acceptors (Lipinski definition) is 4. The van der Waals surface area contributed by atoms with E-state index in [0.717, 1.165) is 24.3 Å². The number of halogens is 4. The van der Waals surface area contributed by atoms with Crippen molar-refractivity contribution in [2.24, 2.45) is 5.14 Å². The number of nitrogens with two attached hydrogens (primary N) is 1. The van der Waals surface area contributed by atoms with Crippen LogP contribution in [0.2, 0.25) is 0 Å². The van der Waals surface area contributed by atoms with Crippen LogP contribution in [0.15, 0.2) is 39.8 Å². The first-order valence-corrected chi connectivity index (χ1v) is 8.57. The molecule has 0 amide bonds. The van der Waals surface area contributed by atoms with E-state index in [9.17, 15) is 26.0 Å². The minimum atomic E-state index is -4.62. The van der Waals surface area contributed by atoms with E-state index in [1.165, 1.54) is 6.92 Å². The van der Waals surface area contributed by atoms with E-state index >= 15 is 0 Å². The number of nitrogens with zero attached hydrogens (tertiary/aromatic N) is 1. The minimum Gasteiger partial charge on any atom is -0.360 e. The van der Waals surface area contributed by atoms with Gasteiger partial charge in [-0.1, -0.05) is 5.16 Å². The maximum absolute atomic E-state index is 14.1. The average Bonchev–Trinajstić information content (AvgIpc) is 2.85. The van der Waals surface area contributed by atoms with Crippen LogP contribution >= 0.6 is 0 Å². The summed E-state index contributed by atoms with van der Waals surface area (Å²) in [6, 6.07) is 4.03. The predicted octanol–water partition coefficient (Wildman–Crippen LogP) is 3.52. The Morgan fingerprint density at radius 2 is 1.46 bits per heavy atom. The Labute approximate surface area is 145 Å². The van der Waals surface area contributed by atoms with E-state index in [2.05, 4.69) is 5.16 Å². The molecular weight excluding hydrogens is 376 g/mol. The van der Waals surface area contributed by atoms with Gasteiger partial charge in [0.1, 0.15) is 34.7 Å². The van der Waals surface area contributed by atoms with Crippen LogP contribution in [0.3, 0.4) is 0 Å². The molecule has 2 aromatic carbocycles. The lowest BCUT2D eigenvalue weighted by Crippen LogP contribution is -2.16. The van der Waals surface area contributed by atoms with Crippen LogP contribution in [0, 0.1) is 30.2 Å². The highest BCUT2D eigenvalue weighted by molar-refractivity contribution is 7.89. The second-order valence-electron chi connectivity index (χ2n) is 5.43. The Balaban J connectivity index is 2.25. The number of benzene rings is 2. The lowest BCUT2D eigenvalue weighted by atomic mass is 9.99. The smallest absolute Gasteiger partial charge is 0.243 e. The summed E-state index contributed by atoms with van der Waals surface area (Å²) in [5.74, 6) is -4.49. The molecule has 3 aromatic rings. The van der Waals surface area contributed by atoms with Crippen molar-refractivity contribution < 1.29 is 30.5 Å². The molecule has 136 valence electrons. The van der Waals surface area contributed by atoms with Crippen molar-refractivity contribution in [3.05, 3.63) is 59.4 Å². The fourth-order valence-electron chi connectivity index (χ4n) is 2.58. The average molecular weight is 386 g/mol. The molecule has 1 heterocycles. The van der Waals surface area contributed by atoms with Crippen LogP contribution in [0.1, 0.15) is 5.76 Å². The van der Waals surface area contributed by atoms with Crippen LogP contribution in [0.4, 0.5) is 17.6 Å². The molecule has 2 N–H and O–H groups in total. The summed E-state index contributed by atoms with van der Waals surface area (Å²) in [7, 11) is -4.62. The molecule has 0 atom stereocenters. The minimum absolute atomic E-state index is 0.0225. The lowest BCUT2D eigenvalue weighted by Gasteiger charge is -2.08. The third-order valence-corrected chi connectivity index (χ3v) is 4.53. The van der Waals surface area contributed by atoms with Gasteiger partial charge in [0.25, 0.3) is 0 Å². The molecule has 10 heteroatoms. The van der Waals surface area contributed by atoms with E-state index in [1.807, 2.05) is 0 Å². The normalized spacial score (nSPS) is 11.8. The Bertz CT molecular complexity index is 1080. The van der Waals surface area contributed by atoms with Crippen LogP contribution in [-0.2, 0) is 10.0 Å². The van der Waals surface area contributed by atoms with Crippen LogP contribution in [0.5, 0.6) is 0 Å². The summed E-state index contributed by atoms with van der Waals surface area (Å²) < 4.78 is 82.7. The second-order valence-corrected chi connectivity index (χ2v) is 6.93. The van der Waals surface area contributed by atoms with E-state index in [1.54, 1.807) is 0 Å². The maximum atomic E-state index is 14.1. The highest BCUT2D eigenvalue weighted by atomic mass is 32.2. The van der Waals surface area contributed by atoms with Gasteiger partial charge in [-0.2, -0.15) is 0 Å². The number of sulfonamides is 1. The molecule has 0 saturated heterocycles. The predicted molar refractivity (Wildman–Crippen MR) is 83.3 cm³/mol. The molecule has 1 aromatic heterocycles. The number of primary sulfonamides is 1. The van der Waals surface area contributed by atoms with E-state index < -0.39 is 38.2 Å². The standard InChI is InChI=1S/C16H10F4N2O3S/c1-7-14(8-4-12(19)16(13(20)5-8)26(21,23)24)15(22-25-7)9-2-10(17)6-11(18)3-9/h2-6H,1H3,(H2,21,23,24). The first kappa shape index (κ1) is 18.1. The van der Waals surface area contributed by atoms with Gasteiger partial charge in [-0.05, 0) is 36.8 Å². The van der Waals surface area contributed by atoms with E-state index in [-0.39, 0.29) is 28.1 Å². The monoisotopic (exact) mass is 386 g/mol. The van der Waals surface area contributed by atoms with Crippen LogP contribution in [0.25, 0.3) is 22.4 Å². The van der Waals surface area contributed by atoms with Crippen molar-refractivity contribution in [1.82, 2.24) is 5.16 Å². The molecule has 5 nitrogen and oxygen atoms in total. The fraction of sp³-hybridized carbons (Fsp3) is 0.0625. The Kier molecular flexibility index (Phi) is 4.32. The second kappa shape index (κ2) is 6.22. The van der Waals surface area contributed by atoms with Crippen molar-refractivity contribution in [2.45, 2.75) is 11.8 Å². The zero-order valence-corrected chi connectivity index (χ0v) is 13.9. The van der Waals surface area contributed by atoms with Crippen LogP contribution < -0.4 is 5.14 Å². The van der Waals surface area contributed by atoms with Gasteiger partial charge in [0.05, 0.1) is 5.56 Å². The quantitative estimate of drug-likeness (QED) is 0.698. The lowest BCUT2D eigenvalue weighted by molar-refractivity contribution is 0.400. The van der Waals surface area contributed by atoms with Crippen molar-refractivity contribution in [3.8, 4) is 22.4 Å². The molecule has 0 fully saturated rings. The van der Waals surface area contributed by atoms with Gasteiger partial charge in [-0.15, -0.1) is 0 Å². The van der Waals surface area contributed by atoms with Crippen molar-refractivity contribution in [1.29, 1.82) is 0 Å². The summed E-state index contributed by atoms with van der Waals surface area (Å²) in [6.07, 6.45) is 0. The van der Waals surface area contributed by atoms with Crippen molar-refractivity contribution in [2.75, 3.05) is 0 Å². The van der Waals surface area contributed by atoms with Gasteiger partial charge >= 0.3 is 0 Å². The molecule has 0 spiro atoms. The Hall–Kier alpha value is -2.72. The molecule has 0 aliphatic heterocycles. The molecule has 0 radical (unpaired) electrons. The molecule has 0 aliphatic rings. The molecule has 3 rings (SSSR count). The summed E-state index contributed by atoms with van der Waals surface area (Å²) >= 11 is 0. The SMILES string of the molecule is Cc1onc(-c2cc(F)cc(F)c2)c1-c1cc(F)c(S(N)(=O)=O)c(F)c1. The zero-order valence-electron chi connectivity index (χ0n) is 13.1. The number of aryl methyl sites for hydroxylation is 1. The Morgan fingerprint density at radius 1 is 0.923 bits per heavy atom. The molecule has 0 bridgehead atoms. The van der Waals surface area contributed by atoms with Gasteiger partial charge < -0.3 is 4.52 Å². The first-order chi connectivity index (χ1) is 12.1. The largest absolute Gasteiger partial charge is 0.360 e. The summed E-state index contributed by atoms with van der Waals surface area (Å²) in [5, 5.41) is 8.47. The topological polar surface area (TPSA) is 86.2 Å². The third-order valence-electron chi connectivity index (χ3n) is 3.57. The number of rotatable bonds is 3. The molecule has 0 aliphatic carbocycles. The zero-order chi connectivity index (χ0) is 19.2. The fourth-order valence-corrected chi connectivity index (χ4v) is 3.24. The van der Waals surface area contributed by atoms with Crippen molar-refractivity contribution >= 4 is 10.0 Å². The van der Waals surface area contributed by atoms with E-state index in [4.69, 9.17) is 9.66 Å². The highest BCUT2D eigenvalue weighted by Crippen LogP contribution is 2.36. The van der Waals surface area contributed by atoms with Gasteiger partial charge in [0.15, 0.2) is 4.90 Å². The molecule has 26 heavy (non-hydrogen) atoms. The van der Waals surface area contributed by atoms with Crippen LogP contribution in [-0.4, -0.2) is 13.6 Å². The summed E-state index contributed by atoms with van der Waals surface area (Å²) in [6.45, 7) is 1.42. The van der Waals surface area contributed by atoms with Gasteiger partial charge in [-0.25, -0.2) is 31.1 Å². The van der Waals surface area contributed by atoms with Gasteiger partial charge in [0.2, 0.25) is 10.0 Å². The molecule has 0 unspecified atom stereocenters. The van der Waals surface area contributed by atoms with Crippen molar-refractivity contribution in [3.63, 3.8) is 0 Å². The summed E-state index contributed by atoms with van der Waals surface area (Å²) in [4.78, 5) is -1.28. The van der Waals surface area contributed by atoms with E-state index in [0.29, 0.717) is 6.07 Å². The van der Waals surface area contributed by atoms with Gasteiger partial charge in [0, 0.05) is 11.6 Å². The van der Waals surface area contributed by atoms with Gasteiger partial charge in [-0.3, -0.25) is 0 Å². The molecular formula is C16H10F4N2O3S. The highest BCUT2D eigenvalue weighted by Gasteiger charge is 2.25. The number of hydrogen-bond donors (Lipinski definition) is 1.